The summed E-state index contributed by atoms with van der Waals surface area (Å²) in [7, 11) is -3.47. The molecule has 2 aromatic rings. The minimum atomic E-state index is -3.47. The Hall–Kier alpha value is -2.75. The summed E-state index contributed by atoms with van der Waals surface area (Å²) < 4.78 is 50.1. The monoisotopic (exact) mass is 451 g/mol. The molecule has 1 N–H and O–H groups in total. The SMILES string of the molecule is Cc1ccc(S(=O)(=O)CC2(Cc3ncc(C(=O)CNC(=O)C(F)F)cn3)CCC2)cc1. The zero-order valence-electron chi connectivity index (χ0n) is 17.0. The summed E-state index contributed by atoms with van der Waals surface area (Å²) in [4.78, 5) is 31.5. The number of nitrogens with zero attached hydrogens (tertiary/aromatic N) is 2. The molecule has 0 spiro atoms. The summed E-state index contributed by atoms with van der Waals surface area (Å²) >= 11 is 0. The van der Waals surface area contributed by atoms with E-state index in [2.05, 4.69) is 9.97 Å². The number of nitrogens with one attached hydrogen (secondary N) is 1. The molecule has 0 atom stereocenters. The van der Waals surface area contributed by atoms with Crippen molar-refractivity contribution < 1.29 is 26.8 Å². The number of benzene rings is 1. The maximum atomic E-state index is 12.9. The summed E-state index contributed by atoms with van der Waals surface area (Å²) in [6.07, 6.45) is 2.09. The second-order valence-corrected chi connectivity index (χ2v) is 9.92. The average Bonchev–Trinajstić information content (AvgIpc) is 2.70. The Morgan fingerprint density at radius 2 is 1.74 bits per heavy atom. The lowest BCUT2D eigenvalue weighted by Gasteiger charge is -2.41. The maximum absolute atomic E-state index is 12.9. The van der Waals surface area contributed by atoms with E-state index < -0.39 is 39.9 Å². The zero-order valence-corrected chi connectivity index (χ0v) is 17.8. The second kappa shape index (κ2) is 9.17. The van der Waals surface area contributed by atoms with Crippen molar-refractivity contribution in [3.05, 3.63) is 53.6 Å². The van der Waals surface area contributed by atoms with Crippen LogP contribution in [0.1, 0.15) is 41.0 Å². The first-order chi connectivity index (χ1) is 14.6. The number of aryl methyl sites for hydroxylation is 1. The van der Waals surface area contributed by atoms with Crippen LogP contribution < -0.4 is 5.32 Å². The van der Waals surface area contributed by atoms with Gasteiger partial charge in [0.05, 0.1) is 22.8 Å². The van der Waals surface area contributed by atoms with E-state index in [9.17, 15) is 26.8 Å². The van der Waals surface area contributed by atoms with Crippen LogP contribution in [0, 0.1) is 12.3 Å². The van der Waals surface area contributed by atoms with Gasteiger partial charge in [0.25, 0.3) is 5.91 Å². The summed E-state index contributed by atoms with van der Waals surface area (Å²) in [6, 6.07) is 6.76. The van der Waals surface area contributed by atoms with E-state index in [1.807, 2.05) is 12.2 Å². The number of amides is 1. The number of carbonyl (C=O) groups excluding carboxylic acids is 2. The van der Waals surface area contributed by atoms with Gasteiger partial charge in [-0.1, -0.05) is 24.1 Å². The molecule has 1 aliphatic carbocycles. The minimum Gasteiger partial charge on any atom is -0.344 e. The Morgan fingerprint density at radius 3 is 2.26 bits per heavy atom. The molecule has 0 unspecified atom stereocenters. The highest BCUT2D eigenvalue weighted by molar-refractivity contribution is 7.91. The number of alkyl halides is 2. The van der Waals surface area contributed by atoms with Crippen LogP contribution in [0.15, 0.2) is 41.6 Å². The highest BCUT2D eigenvalue weighted by Crippen LogP contribution is 2.45. The summed E-state index contributed by atoms with van der Waals surface area (Å²) in [5.74, 6) is -1.72. The molecule has 3 rings (SSSR count). The van der Waals surface area contributed by atoms with E-state index in [0.717, 1.165) is 24.8 Å². The molecule has 7 nitrogen and oxygen atoms in total. The van der Waals surface area contributed by atoms with E-state index >= 15 is 0 Å². The number of carbonyl (C=O) groups is 2. The number of sulfone groups is 1. The number of hydrogen-bond acceptors (Lipinski definition) is 6. The molecular formula is C21H23F2N3O4S. The predicted octanol–water partition coefficient (Wildman–Crippen LogP) is 2.54. The van der Waals surface area contributed by atoms with Gasteiger partial charge in [0.15, 0.2) is 15.6 Å². The minimum absolute atomic E-state index is 0.00718. The molecule has 1 amide bonds. The first kappa shape index (κ1) is 22.9. The van der Waals surface area contributed by atoms with Crippen molar-refractivity contribution in [3.8, 4) is 0 Å². The number of hydrogen-bond donors (Lipinski definition) is 1. The van der Waals surface area contributed by atoms with Gasteiger partial charge in [0, 0.05) is 18.8 Å². The number of rotatable bonds is 9. The van der Waals surface area contributed by atoms with Crippen molar-refractivity contribution in [2.45, 2.75) is 43.9 Å². The van der Waals surface area contributed by atoms with Gasteiger partial charge in [-0.2, -0.15) is 8.78 Å². The molecule has 1 heterocycles. The Balaban J connectivity index is 1.66. The second-order valence-electron chi connectivity index (χ2n) is 7.93. The quantitative estimate of drug-likeness (QED) is 0.588. The highest BCUT2D eigenvalue weighted by atomic mass is 32.2. The first-order valence-corrected chi connectivity index (χ1v) is 11.4. The smallest absolute Gasteiger partial charge is 0.315 e. The van der Waals surface area contributed by atoms with Crippen LogP contribution >= 0.6 is 0 Å². The van der Waals surface area contributed by atoms with Gasteiger partial charge < -0.3 is 5.32 Å². The largest absolute Gasteiger partial charge is 0.344 e. The lowest BCUT2D eigenvalue weighted by Crippen LogP contribution is -2.39. The van der Waals surface area contributed by atoms with Crippen LogP contribution in [-0.4, -0.2) is 48.8 Å². The third-order valence-corrected chi connectivity index (χ3v) is 7.46. The van der Waals surface area contributed by atoms with Gasteiger partial charge in [-0.05, 0) is 37.3 Å². The number of ketones is 1. The number of aromatic nitrogens is 2. The normalized spacial score (nSPS) is 15.4. The van der Waals surface area contributed by atoms with Gasteiger partial charge in [0.2, 0.25) is 0 Å². The Bertz CT molecular complexity index is 1050. The van der Waals surface area contributed by atoms with Crippen molar-refractivity contribution in [2.24, 2.45) is 5.41 Å². The van der Waals surface area contributed by atoms with Crippen molar-refractivity contribution in [2.75, 3.05) is 12.3 Å². The van der Waals surface area contributed by atoms with E-state index in [0.29, 0.717) is 12.2 Å². The molecule has 1 aliphatic rings. The molecular weight excluding hydrogens is 428 g/mol. The van der Waals surface area contributed by atoms with Gasteiger partial charge in [0.1, 0.15) is 5.82 Å². The van der Waals surface area contributed by atoms with Crippen LogP contribution in [0.5, 0.6) is 0 Å². The predicted molar refractivity (Wildman–Crippen MR) is 109 cm³/mol. The lowest BCUT2D eigenvalue weighted by atomic mass is 9.68. The fraction of sp³-hybridized carbons (Fsp3) is 0.429. The van der Waals surface area contributed by atoms with Crippen LogP contribution in [0.2, 0.25) is 0 Å². The summed E-state index contributed by atoms with van der Waals surface area (Å²) in [5.41, 5.74) is 0.600. The standard InChI is InChI=1S/C21H23F2N3O4S/c1-14-3-5-16(6-4-14)31(29,30)13-21(7-2-8-21)9-18-24-10-15(11-25-18)17(27)12-26-20(28)19(22)23/h3-6,10-11,19H,2,7-9,12-13H2,1H3,(H,26,28). The Morgan fingerprint density at radius 1 is 1.13 bits per heavy atom. The van der Waals surface area contributed by atoms with Crippen molar-refractivity contribution in [1.29, 1.82) is 0 Å². The van der Waals surface area contributed by atoms with E-state index in [1.165, 1.54) is 12.4 Å². The maximum Gasteiger partial charge on any atom is 0.315 e. The first-order valence-electron chi connectivity index (χ1n) is 9.80. The fourth-order valence-electron chi connectivity index (χ4n) is 3.55. The van der Waals surface area contributed by atoms with E-state index in [-0.39, 0.29) is 16.2 Å². The van der Waals surface area contributed by atoms with Crippen LogP contribution in [0.3, 0.4) is 0 Å². The Kier molecular flexibility index (Phi) is 6.78. The summed E-state index contributed by atoms with van der Waals surface area (Å²) in [5, 5.41) is 1.84. The molecule has 0 aliphatic heterocycles. The summed E-state index contributed by atoms with van der Waals surface area (Å²) in [6.45, 7) is 1.31. The zero-order chi connectivity index (χ0) is 22.6. The molecule has 10 heteroatoms. The number of halogens is 2. The van der Waals surface area contributed by atoms with Gasteiger partial charge >= 0.3 is 6.43 Å². The van der Waals surface area contributed by atoms with E-state index in [1.54, 1.807) is 24.3 Å². The molecule has 1 aromatic heterocycles. The number of Topliss-reactive ketones (excluding diaryl/α,β-unsaturated/α-hetero) is 1. The van der Waals surface area contributed by atoms with Gasteiger partial charge in [-0.15, -0.1) is 0 Å². The van der Waals surface area contributed by atoms with Crippen LogP contribution in [0.25, 0.3) is 0 Å². The van der Waals surface area contributed by atoms with Crippen molar-refractivity contribution in [3.63, 3.8) is 0 Å². The van der Waals surface area contributed by atoms with Gasteiger partial charge in [-0.25, -0.2) is 18.4 Å². The van der Waals surface area contributed by atoms with Crippen LogP contribution in [-0.2, 0) is 21.1 Å². The highest BCUT2D eigenvalue weighted by Gasteiger charge is 2.42. The third kappa shape index (κ3) is 5.69. The van der Waals surface area contributed by atoms with Crippen molar-refractivity contribution in [1.82, 2.24) is 15.3 Å². The van der Waals surface area contributed by atoms with Crippen molar-refractivity contribution >= 4 is 21.5 Å². The Labute approximate surface area is 179 Å². The molecule has 1 fully saturated rings. The molecule has 0 radical (unpaired) electrons. The molecule has 1 saturated carbocycles. The fourth-order valence-corrected chi connectivity index (χ4v) is 5.47. The van der Waals surface area contributed by atoms with Crippen LogP contribution in [0.4, 0.5) is 8.78 Å². The molecule has 31 heavy (non-hydrogen) atoms. The average molecular weight is 451 g/mol. The topological polar surface area (TPSA) is 106 Å². The lowest BCUT2D eigenvalue weighted by molar-refractivity contribution is -0.131. The molecule has 0 bridgehead atoms. The van der Waals surface area contributed by atoms with E-state index in [4.69, 9.17) is 0 Å². The molecule has 0 saturated heterocycles. The third-order valence-electron chi connectivity index (χ3n) is 5.47. The molecule has 166 valence electrons. The molecule has 1 aromatic carbocycles. The van der Waals surface area contributed by atoms with Gasteiger partial charge in [-0.3, -0.25) is 9.59 Å².